The van der Waals surface area contributed by atoms with E-state index in [1.807, 2.05) is 0 Å². The van der Waals surface area contributed by atoms with Gasteiger partial charge in [-0.25, -0.2) is 18.8 Å². The van der Waals surface area contributed by atoms with E-state index in [-0.39, 0.29) is 28.2 Å². The summed E-state index contributed by atoms with van der Waals surface area (Å²) in [6.07, 6.45) is 0. The Kier molecular flexibility index (Phi) is 7.96. The van der Waals surface area contributed by atoms with Crippen molar-refractivity contribution >= 4 is 23.6 Å². The number of halogens is 1. The lowest BCUT2D eigenvalue weighted by Crippen LogP contribution is -2.40. The van der Waals surface area contributed by atoms with Crippen molar-refractivity contribution in [1.82, 2.24) is 0 Å². The van der Waals surface area contributed by atoms with Crippen LogP contribution in [0.15, 0.2) is 95.5 Å². The normalized spacial score (nSPS) is 14.9. The molecule has 3 aromatic carbocycles. The van der Waals surface area contributed by atoms with Gasteiger partial charge in [-0.3, -0.25) is 4.90 Å². The third kappa shape index (κ3) is 4.88. The molecule has 9 nitrogen and oxygen atoms in total. The van der Waals surface area contributed by atoms with E-state index in [9.17, 15) is 24.0 Å². The summed E-state index contributed by atoms with van der Waals surface area (Å²) in [7, 11) is 3.50. The lowest BCUT2D eigenvalue weighted by atomic mass is 9.81. The Balaban J connectivity index is 1.88. The number of anilines is 1. The van der Waals surface area contributed by atoms with E-state index in [0.717, 1.165) is 14.2 Å². The molecule has 202 valence electrons. The molecule has 1 heterocycles. The van der Waals surface area contributed by atoms with Gasteiger partial charge in [0, 0.05) is 5.69 Å². The first-order chi connectivity index (χ1) is 19.3. The first-order valence-electron chi connectivity index (χ1n) is 11.9. The molecule has 0 radical (unpaired) electrons. The van der Waals surface area contributed by atoms with E-state index in [0.29, 0.717) is 22.4 Å². The Hall–Kier alpha value is -5.43. The predicted molar refractivity (Wildman–Crippen MR) is 143 cm³/mol. The summed E-state index contributed by atoms with van der Waals surface area (Å²) in [5, 5.41) is 10.1. The molecule has 40 heavy (non-hydrogen) atoms. The predicted octanol–water partition coefficient (Wildman–Crippen LogP) is 4.18. The molecule has 0 fully saturated rings. The summed E-state index contributed by atoms with van der Waals surface area (Å²) >= 11 is 0. The van der Waals surface area contributed by atoms with Crippen molar-refractivity contribution in [3.05, 3.63) is 112 Å². The molecule has 10 heteroatoms. The zero-order chi connectivity index (χ0) is 29.0. The van der Waals surface area contributed by atoms with Crippen LogP contribution in [0.4, 0.5) is 10.1 Å². The molecule has 0 aromatic heterocycles. The van der Waals surface area contributed by atoms with Crippen molar-refractivity contribution in [2.24, 2.45) is 5.73 Å². The summed E-state index contributed by atoms with van der Waals surface area (Å²) in [6, 6.07) is 21.3. The van der Waals surface area contributed by atoms with Gasteiger partial charge in [-0.2, -0.15) is 5.26 Å². The van der Waals surface area contributed by atoms with E-state index < -0.39 is 29.6 Å². The van der Waals surface area contributed by atoms with E-state index in [1.165, 1.54) is 24.1 Å². The second-order valence-electron chi connectivity index (χ2n) is 8.57. The standard InChI is InChI=1S/C30H24FN3O6/c1-38-28(35)21-14-11-19(15-23(21)31)17-9-12-20(13-10-17)34-26(30(37)40-3)25(29(36)39-2)24(22(16-32)27(34)33)18-7-5-4-6-8-18/h4-15,24H,33H2,1-3H3. The smallest absolute Gasteiger partial charge is 0.355 e. The molecule has 2 N–H and O–H groups in total. The van der Waals surface area contributed by atoms with Crippen molar-refractivity contribution in [2.75, 3.05) is 26.2 Å². The number of ether oxygens (including phenoxy) is 3. The molecule has 0 amide bonds. The number of esters is 3. The number of hydrogen-bond acceptors (Lipinski definition) is 9. The number of nitrogens with two attached hydrogens (primary N) is 1. The average molecular weight is 542 g/mol. The molecule has 0 bridgehead atoms. The Morgan fingerprint density at radius 2 is 1.45 bits per heavy atom. The van der Waals surface area contributed by atoms with Crippen LogP contribution in [0.5, 0.6) is 0 Å². The Labute approximate surface area is 229 Å². The highest BCUT2D eigenvalue weighted by Crippen LogP contribution is 2.43. The SMILES string of the molecule is COC(=O)C1=C(C(=O)OC)N(c2ccc(-c3ccc(C(=O)OC)c(F)c3)cc2)C(N)=C(C#N)C1c1ccccc1. The summed E-state index contributed by atoms with van der Waals surface area (Å²) in [5.74, 6) is -4.31. The molecule has 0 saturated heterocycles. The zero-order valence-electron chi connectivity index (χ0n) is 21.8. The van der Waals surface area contributed by atoms with E-state index in [2.05, 4.69) is 10.8 Å². The largest absolute Gasteiger partial charge is 0.466 e. The first kappa shape index (κ1) is 27.6. The minimum Gasteiger partial charge on any atom is -0.466 e. The van der Waals surface area contributed by atoms with Gasteiger partial charge in [-0.15, -0.1) is 0 Å². The number of methoxy groups -OCH3 is 3. The number of benzene rings is 3. The van der Waals surface area contributed by atoms with Crippen molar-refractivity contribution in [3.8, 4) is 17.2 Å². The molecule has 1 aliphatic heterocycles. The summed E-state index contributed by atoms with van der Waals surface area (Å²) in [6.45, 7) is 0. The Morgan fingerprint density at radius 1 is 0.850 bits per heavy atom. The molecule has 4 rings (SSSR count). The van der Waals surface area contributed by atoms with Gasteiger partial charge >= 0.3 is 17.9 Å². The van der Waals surface area contributed by atoms with Gasteiger partial charge in [-0.05, 0) is 41.0 Å². The van der Waals surface area contributed by atoms with Crippen LogP contribution in [0.3, 0.4) is 0 Å². The van der Waals surface area contributed by atoms with Gasteiger partial charge in [0.25, 0.3) is 0 Å². The van der Waals surface area contributed by atoms with Gasteiger partial charge in [0.2, 0.25) is 0 Å². The lowest BCUT2D eigenvalue weighted by Gasteiger charge is -2.35. The third-order valence-electron chi connectivity index (χ3n) is 6.44. The summed E-state index contributed by atoms with van der Waals surface area (Å²) < 4.78 is 29.2. The number of nitrogens with zero attached hydrogens (tertiary/aromatic N) is 2. The van der Waals surface area contributed by atoms with E-state index in [4.69, 9.17) is 15.2 Å². The van der Waals surface area contributed by atoms with Crippen LogP contribution in [-0.4, -0.2) is 39.2 Å². The number of nitriles is 1. The second-order valence-corrected chi connectivity index (χ2v) is 8.57. The van der Waals surface area contributed by atoms with Gasteiger partial charge in [0.05, 0.1) is 50.0 Å². The molecule has 1 aliphatic rings. The molecule has 0 spiro atoms. The van der Waals surface area contributed by atoms with Crippen LogP contribution in [0.2, 0.25) is 0 Å². The highest BCUT2D eigenvalue weighted by Gasteiger charge is 2.42. The van der Waals surface area contributed by atoms with Crippen molar-refractivity contribution < 1.29 is 33.0 Å². The van der Waals surface area contributed by atoms with Crippen molar-refractivity contribution in [1.29, 1.82) is 5.26 Å². The van der Waals surface area contributed by atoms with Crippen LogP contribution >= 0.6 is 0 Å². The average Bonchev–Trinajstić information content (AvgIpc) is 2.99. The third-order valence-corrected chi connectivity index (χ3v) is 6.44. The number of hydrogen-bond donors (Lipinski definition) is 1. The molecule has 0 aliphatic carbocycles. The maximum atomic E-state index is 14.5. The zero-order valence-corrected chi connectivity index (χ0v) is 21.8. The summed E-state index contributed by atoms with van der Waals surface area (Å²) in [4.78, 5) is 39.3. The monoisotopic (exact) mass is 541 g/mol. The minimum absolute atomic E-state index is 0.0313. The molecule has 3 aromatic rings. The topological polar surface area (TPSA) is 132 Å². The van der Waals surface area contributed by atoms with Crippen LogP contribution in [0, 0.1) is 17.1 Å². The maximum absolute atomic E-state index is 14.5. The van der Waals surface area contributed by atoms with E-state index >= 15 is 0 Å². The molecule has 0 saturated carbocycles. The Bertz CT molecular complexity index is 1590. The molecule has 1 unspecified atom stereocenters. The number of rotatable bonds is 6. The van der Waals surface area contributed by atoms with Crippen LogP contribution in [0.25, 0.3) is 11.1 Å². The number of carbonyl (C=O) groups excluding carboxylic acids is 3. The van der Waals surface area contributed by atoms with Gasteiger partial charge in [-0.1, -0.05) is 48.5 Å². The first-order valence-corrected chi connectivity index (χ1v) is 11.9. The van der Waals surface area contributed by atoms with E-state index in [1.54, 1.807) is 60.7 Å². The van der Waals surface area contributed by atoms with Gasteiger partial charge in [0.15, 0.2) is 0 Å². The van der Waals surface area contributed by atoms with Crippen molar-refractivity contribution in [2.45, 2.75) is 5.92 Å². The lowest BCUT2D eigenvalue weighted by molar-refractivity contribution is -0.139. The number of allylic oxidation sites excluding steroid dienone is 1. The summed E-state index contributed by atoms with van der Waals surface area (Å²) in [5.41, 5.74) is 7.95. The second kappa shape index (κ2) is 11.5. The fourth-order valence-electron chi connectivity index (χ4n) is 4.55. The fraction of sp³-hybridized carbons (Fsp3) is 0.133. The van der Waals surface area contributed by atoms with Crippen LogP contribution < -0.4 is 10.6 Å². The van der Waals surface area contributed by atoms with Crippen LogP contribution in [0.1, 0.15) is 21.8 Å². The van der Waals surface area contributed by atoms with Gasteiger partial charge in [0.1, 0.15) is 17.3 Å². The maximum Gasteiger partial charge on any atom is 0.355 e. The van der Waals surface area contributed by atoms with Crippen LogP contribution in [-0.2, 0) is 23.8 Å². The number of carbonyl (C=O) groups is 3. The fourth-order valence-corrected chi connectivity index (χ4v) is 4.55. The molecular weight excluding hydrogens is 517 g/mol. The molecule has 1 atom stereocenters. The Morgan fingerprint density at radius 3 is 2.00 bits per heavy atom. The quantitative estimate of drug-likeness (QED) is 0.361. The van der Waals surface area contributed by atoms with Gasteiger partial charge < -0.3 is 19.9 Å². The van der Waals surface area contributed by atoms with Crippen molar-refractivity contribution in [3.63, 3.8) is 0 Å². The molecular formula is C30H24FN3O6. The highest BCUT2D eigenvalue weighted by atomic mass is 19.1. The minimum atomic E-state index is -0.987. The highest BCUT2D eigenvalue weighted by molar-refractivity contribution is 6.06.